The Morgan fingerprint density at radius 1 is 1.07 bits per heavy atom. The maximum absolute atomic E-state index is 12.9. The van der Waals surface area contributed by atoms with Crippen molar-refractivity contribution in [2.45, 2.75) is 26.7 Å². The van der Waals surface area contributed by atoms with Crippen LogP contribution < -0.4 is 5.32 Å². The van der Waals surface area contributed by atoms with Crippen LogP contribution in [0, 0.1) is 0 Å². The van der Waals surface area contributed by atoms with Gasteiger partial charge in [-0.15, -0.1) is 0 Å². The van der Waals surface area contributed by atoms with Crippen molar-refractivity contribution in [2.75, 3.05) is 26.9 Å². The van der Waals surface area contributed by atoms with Crippen LogP contribution in [0.2, 0.25) is 10.0 Å². The average molecular weight is 428 g/mol. The van der Waals surface area contributed by atoms with E-state index in [1.807, 2.05) is 6.92 Å². The summed E-state index contributed by atoms with van der Waals surface area (Å²) < 4.78 is 15.5. The van der Waals surface area contributed by atoms with Crippen molar-refractivity contribution in [2.24, 2.45) is 0 Å². The van der Waals surface area contributed by atoms with Crippen molar-refractivity contribution in [3.05, 3.63) is 56.3 Å². The van der Waals surface area contributed by atoms with Crippen LogP contribution in [-0.4, -0.2) is 38.9 Å². The summed E-state index contributed by atoms with van der Waals surface area (Å²) in [6.07, 6.45) is 0. The van der Waals surface area contributed by atoms with Gasteiger partial charge in [0.25, 0.3) is 0 Å². The number of hydrogen-bond acceptors (Lipinski definition) is 6. The number of halogens is 2. The quantitative estimate of drug-likeness (QED) is 0.523. The fraction of sp³-hybridized carbons (Fsp3) is 0.400. The standard InChI is InChI=1S/C20H23Cl2NO5/c1-5-27-9-10-28-20(25)16-12(3)23-11(2)15(19(24)26-4)17(16)13-7-6-8-14(21)18(13)22/h6-8,17,23H,5,9-10H2,1-4H3. The number of ether oxygens (including phenoxy) is 3. The number of benzene rings is 1. The first-order valence-electron chi connectivity index (χ1n) is 8.79. The maximum atomic E-state index is 12.9. The Bertz CT molecular complexity index is 832. The smallest absolute Gasteiger partial charge is 0.336 e. The van der Waals surface area contributed by atoms with E-state index >= 15 is 0 Å². The molecule has 0 saturated heterocycles. The molecule has 8 heteroatoms. The van der Waals surface area contributed by atoms with Gasteiger partial charge in [-0.1, -0.05) is 35.3 Å². The van der Waals surface area contributed by atoms with Gasteiger partial charge < -0.3 is 19.5 Å². The molecule has 0 fully saturated rings. The molecule has 1 aromatic rings. The molecule has 1 atom stereocenters. The lowest BCUT2D eigenvalue weighted by molar-refractivity contribution is -0.141. The summed E-state index contributed by atoms with van der Waals surface area (Å²) in [7, 11) is 1.28. The topological polar surface area (TPSA) is 73.9 Å². The number of carbonyl (C=O) groups excluding carboxylic acids is 2. The number of hydrogen-bond donors (Lipinski definition) is 1. The number of methoxy groups -OCH3 is 1. The monoisotopic (exact) mass is 427 g/mol. The van der Waals surface area contributed by atoms with Gasteiger partial charge in [-0.3, -0.25) is 0 Å². The number of dihydropyridines is 1. The molecule has 0 bridgehead atoms. The number of esters is 2. The average Bonchev–Trinajstić information content (AvgIpc) is 2.66. The molecule has 0 radical (unpaired) electrons. The molecule has 1 aromatic carbocycles. The normalized spacial score (nSPS) is 16.7. The van der Waals surface area contributed by atoms with Crippen molar-refractivity contribution in [1.82, 2.24) is 5.32 Å². The fourth-order valence-electron chi connectivity index (χ4n) is 3.11. The fourth-order valence-corrected chi connectivity index (χ4v) is 3.53. The second-order valence-corrected chi connectivity index (χ2v) is 6.89. The molecule has 152 valence electrons. The Kier molecular flexibility index (Phi) is 7.92. The summed E-state index contributed by atoms with van der Waals surface area (Å²) in [6, 6.07) is 5.07. The number of allylic oxidation sites excluding steroid dienone is 2. The lowest BCUT2D eigenvalue weighted by Crippen LogP contribution is -2.32. The van der Waals surface area contributed by atoms with E-state index < -0.39 is 17.9 Å². The van der Waals surface area contributed by atoms with Crippen LogP contribution in [0.3, 0.4) is 0 Å². The molecule has 0 aromatic heterocycles. The lowest BCUT2D eigenvalue weighted by atomic mass is 9.80. The molecule has 6 nitrogen and oxygen atoms in total. The van der Waals surface area contributed by atoms with Crippen LogP contribution in [0.5, 0.6) is 0 Å². The molecular weight excluding hydrogens is 405 g/mol. The van der Waals surface area contributed by atoms with E-state index in [0.717, 1.165) is 0 Å². The maximum Gasteiger partial charge on any atom is 0.336 e. The van der Waals surface area contributed by atoms with Gasteiger partial charge in [0.2, 0.25) is 0 Å². The minimum Gasteiger partial charge on any atom is -0.466 e. The van der Waals surface area contributed by atoms with E-state index in [1.165, 1.54) is 7.11 Å². The zero-order chi connectivity index (χ0) is 20.8. The van der Waals surface area contributed by atoms with Crippen molar-refractivity contribution in [1.29, 1.82) is 0 Å². The minimum atomic E-state index is -0.778. The van der Waals surface area contributed by atoms with Gasteiger partial charge in [-0.05, 0) is 32.4 Å². The Morgan fingerprint density at radius 3 is 2.32 bits per heavy atom. The highest BCUT2D eigenvalue weighted by Crippen LogP contribution is 2.43. The summed E-state index contributed by atoms with van der Waals surface area (Å²) in [4.78, 5) is 25.4. The van der Waals surface area contributed by atoms with Crippen molar-refractivity contribution in [3.8, 4) is 0 Å². The molecule has 0 amide bonds. The summed E-state index contributed by atoms with van der Waals surface area (Å²) in [5, 5.41) is 3.64. The Hall–Kier alpha value is -2.02. The van der Waals surface area contributed by atoms with E-state index in [9.17, 15) is 9.59 Å². The molecule has 0 aliphatic carbocycles. The molecule has 0 spiro atoms. The summed E-state index contributed by atoms with van der Waals surface area (Å²) in [5.41, 5.74) is 2.19. The van der Waals surface area contributed by atoms with Crippen molar-refractivity contribution >= 4 is 35.1 Å². The molecule has 0 saturated carbocycles. The largest absolute Gasteiger partial charge is 0.466 e. The second-order valence-electron chi connectivity index (χ2n) is 6.10. The Morgan fingerprint density at radius 2 is 1.71 bits per heavy atom. The van der Waals surface area contributed by atoms with E-state index in [0.29, 0.717) is 28.6 Å². The summed E-state index contributed by atoms with van der Waals surface area (Å²) in [6.45, 7) is 6.22. The van der Waals surface area contributed by atoms with E-state index in [2.05, 4.69) is 5.32 Å². The molecule has 1 heterocycles. The summed E-state index contributed by atoms with van der Waals surface area (Å²) >= 11 is 12.6. The van der Waals surface area contributed by atoms with Crippen LogP contribution in [0.1, 0.15) is 32.3 Å². The SMILES string of the molecule is CCOCCOC(=O)C1=C(C)NC(C)=C(C(=O)OC)C1c1cccc(Cl)c1Cl. The van der Waals surface area contributed by atoms with Crippen molar-refractivity contribution < 1.29 is 23.8 Å². The predicted molar refractivity (Wildman–Crippen MR) is 107 cm³/mol. The van der Waals surface area contributed by atoms with Gasteiger partial charge in [0, 0.05) is 18.0 Å². The van der Waals surface area contributed by atoms with Crippen LogP contribution in [0.25, 0.3) is 0 Å². The van der Waals surface area contributed by atoms with Gasteiger partial charge >= 0.3 is 11.9 Å². The number of nitrogens with one attached hydrogen (secondary N) is 1. The first-order valence-corrected chi connectivity index (χ1v) is 9.54. The highest BCUT2D eigenvalue weighted by atomic mass is 35.5. The molecule has 2 rings (SSSR count). The van der Waals surface area contributed by atoms with Crippen molar-refractivity contribution in [3.63, 3.8) is 0 Å². The third-order valence-electron chi connectivity index (χ3n) is 4.34. The second kappa shape index (κ2) is 9.96. The lowest BCUT2D eigenvalue weighted by Gasteiger charge is -2.30. The van der Waals surface area contributed by atoms with E-state index in [1.54, 1.807) is 32.0 Å². The van der Waals surface area contributed by atoms with Gasteiger partial charge in [-0.25, -0.2) is 9.59 Å². The van der Waals surface area contributed by atoms with Crippen LogP contribution in [0.4, 0.5) is 0 Å². The van der Waals surface area contributed by atoms with E-state index in [-0.39, 0.29) is 29.4 Å². The molecule has 1 aliphatic rings. The van der Waals surface area contributed by atoms with Gasteiger partial charge in [-0.2, -0.15) is 0 Å². The van der Waals surface area contributed by atoms with E-state index in [4.69, 9.17) is 37.4 Å². The third kappa shape index (κ3) is 4.69. The van der Waals surface area contributed by atoms with Gasteiger partial charge in [0.1, 0.15) is 6.61 Å². The Labute approximate surface area is 174 Å². The van der Waals surface area contributed by atoms with Crippen LogP contribution >= 0.6 is 23.2 Å². The molecular formula is C20H23Cl2NO5. The Balaban J connectivity index is 2.54. The highest BCUT2D eigenvalue weighted by Gasteiger charge is 2.39. The summed E-state index contributed by atoms with van der Waals surface area (Å²) in [5.74, 6) is -1.92. The number of rotatable bonds is 7. The van der Waals surface area contributed by atoms with Gasteiger partial charge in [0.05, 0.1) is 40.8 Å². The molecule has 1 unspecified atom stereocenters. The minimum absolute atomic E-state index is 0.0930. The third-order valence-corrected chi connectivity index (χ3v) is 5.18. The predicted octanol–water partition coefficient (Wildman–Crippen LogP) is 3.98. The first kappa shape index (κ1) is 22.3. The zero-order valence-electron chi connectivity index (χ0n) is 16.2. The van der Waals surface area contributed by atoms with Crippen LogP contribution in [-0.2, 0) is 23.8 Å². The van der Waals surface area contributed by atoms with Crippen LogP contribution in [0.15, 0.2) is 40.7 Å². The first-order chi connectivity index (χ1) is 13.3. The molecule has 1 aliphatic heterocycles. The van der Waals surface area contributed by atoms with Gasteiger partial charge in [0.15, 0.2) is 0 Å². The number of carbonyl (C=O) groups is 2. The zero-order valence-corrected chi connectivity index (χ0v) is 17.7. The highest BCUT2D eigenvalue weighted by molar-refractivity contribution is 6.42. The molecule has 28 heavy (non-hydrogen) atoms. The molecule has 1 N–H and O–H groups in total.